The van der Waals surface area contributed by atoms with E-state index in [0.29, 0.717) is 6.04 Å². The van der Waals surface area contributed by atoms with Crippen molar-refractivity contribution >= 4 is 0 Å². The average Bonchev–Trinajstić information content (AvgIpc) is 3.20. The minimum atomic E-state index is 0.465. The number of aryl methyl sites for hydroxylation is 2. The molecule has 0 bridgehead atoms. The number of ether oxygens (including phenoxy) is 1. The number of aromatic nitrogens is 4. The lowest BCUT2D eigenvalue weighted by molar-refractivity contribution is 0.0892. The molecular formula is C19H23N5O. The van der Waals surface area contributed by atoms with Crippen molar-refractivity contribution in [1.29, 1.82) is 0 Å². The van der Waals surface area contributed by atoms with Crippen LogP contribution in [0.2, 0.25) is 0 Å². The zero-order valence-corrected chi connectivity index (χ0v) is 14.9. The first-order valence-corrected chi connectivity index (χ1v) is 8.56. The molecule has 1 fully saturated rings. The number of methoxy groups -OCH3 is 1. The molecule has 1 saturated heterocycles. The first kappa shape index (κ1) is 15.9. The Hall–Kier alpha value is -2.60. The van der Waals surface area contributed by atoms with Crippen molar-refractivity contribution in [2.24, 2.45) is 0 Å². The SMILES string of the molecule is COc1ccc(-n2cccn2)c(CN2CC(n3nc(C)cc3C)C2)c1. The fraction of sp³-hybridized carbons (Fsp3) is 0.368. The predicted molar refractivity (Wildman–Crippen MR) is 96.1 cm³/mol. The number of hydrogen-bond donors (Lipinski definition) is 0. The molecule has 0 spiro atoms. The van der Waals surface area contributed by atoms with E-state index in [1.807, 2.05) is 29.9 Å². The quantitative estimate of drug-likeness (QED) is 0.718. The van der Waals surface area contributed by atoms with E-state index in [9.17, 15) is 0 Å². The van der Waals surface area contributed by atoms with Crippen LogP contribution >= 0.6 is 0 Å². The third kappa shape index (κ3) is 3.05. The highest BCUT2D eigenvalue weighted by atomic mass is 16.5. The molecule has 25 heavy (non-hydrogen) atoms. The Morgan fingerprint density at radius 1 is 1.20 bits per heavy atom. The molecule has 0 aliphatic carbocycles. The van der Waals surface area contributed by atoms with E-state index in [1.165, 1.54) is 11.3 Å². The van der Waals surface area contributed by atoms with Gasteiger partial charge in [-0.25, -0.2) is 4.68 Å². The van der Waals surface area contributed by atoms with E-state index < -0.39 is 0 Å². The van der Waals surface area contributed by atoms with Crippen LogP contribution in [0.1, 0.15) is 23.0 Å². The fourth-order valence-corrected chi connectivity index (χ4v) is 3.53. The van der Waals surface area contributed by atoms with Gasteiger partial charge in [-0.2, -0.15) is 10.2 Å². The molecular weight excluding hydrogens is 314 g/mol. The highest BCUT2D eigenvalue weighted by Gasteiger charge is 2.30. The van der Waals surface area contributed by atoms with Gasteiger partial charge >= 0.3 is 0 Å². The van der Waals surface area contributed by atoms with Gasteiger partial charge in [-0.1, -0.05) is 0 Å². The van der Waals surface area contributed by atoms with Crippen LogP contribution in [-0.4, -0.2) is 44.7 Å². The summed E-state index contributed by atoms with van der Waals surface area (Å²) in [4.78, 5) is 2.43. The maximum Gasteiger partial charge on any atom is 0.119 e. The topological polar surface area (TPSA) is 48.1 Å². The predicted octanol–water partition coefficient (Wildman–Crippen LogP) is 2.75. The van der Waals surface area contributed by atoms with E-state index in [0.717, 1.165) is 36.8 Å². The molecule has 0 N–H and O–H groups in total. The van der Waals surface area contributed by atoms with Gasteiger partial charge in [-0.3, -0.25) is 9.58 Å². The van der Waals surface area contributed by atoms with Crippen molar-refractivity contribution in [1.82, 2.24) is 24.5 Å². The first-order chi connectivity index (χ1) is 12.1. The summed E-state index contributed by atoms with van der Waals surface area (Å²) >= 11 is 0. The van der Waals surface area contributed by atoms with Gasteiger partial charge in [0.2, 0.25) is 0 Å². The van der Waals surface area contributed by atoms with Crippen LogP contribution in [0, 0.1) is 13.8 Å². The Morgan fingerprint density at radius 3 is 2.68 bits per heavy atom. The van der Waals surface area contributed by atoms with Crippen LogP contribution < -0.4 is 4.74 Å². The second-order valence-corrected chi connectivity index (χ2v) is 6.66. The Balaban J connectivity index is 1.51. The monoisotopic (exact) mass is 337 g/mol. The summed E-state index contributed by atoms with van der Waals surface area (Å²) in [7, 11) is 1.70. The lowest BCUT2D eigenvalue weighted by atomic mass is 10.1. The number of nitrogens with zero attached hydrogens (tertiary/aromatic N) is 5. The highest BCUT2D eigenvalue weighted by molar-refractivity contribution is 5.45. The molecule has 0 saturated carbocycles. The molecule has 1 aliphatic heterocycles. The summed E-state index contributed by atoms with van der Waals surface area (Å²) in [6.45, 7) is 7.07. The van der Waals surface area contributed by atoms with Crippen LogP contribution in [0.15, 0.2) is 42.7 Å². The zero-order valence-electron chi connectivity index (χ0n) is 14.9. The van der Waals surface area contributed by atoms with Gasteiger partial charge < -0.3 is 4.74 Å². The standard InChI is InChI=1S/C19H23N5O/c1-14-9-15(2)24(21-14)17-12-22(13-17)11-16-10-18(25-3)5-6-19(16)23-8-4-7-20-23/h4-10,17H,11-13H2,1-3H3. The lowest BCUT2D eigenvalue weighted by Crippen LogP contribution is -2.47. The van der Waals surface area contributed by atoms with Gasteiger partial charge in [0.25, 0.3) is 0 Å². The van der Waals surface area contributed by atoms with Crippen LogP contribution in [0.4, 0.5) is 0 Å². The molecule has 130 valence electrons. The summed E-state index contributed by atoms with van der Waals surface area (Å²) in [5.74, 6) is 0.876. The minimum absolute atomic E-state index is 0.465. The fourth-order valence-electron chi connectivity index (χ4n) is 3.53. The van der Waals surface area contributed by atoms with Crippen LogP contribution in [0.3, 0.4) is 0 Å². The van der Waals surface area contributed by atoms with Crippen LogP contribution in [-0.2, 0) is 6.54 Å². The normalized spacial score (nSPS) is 15.3. The summed E-state index contributed by atoms with van der Waals surface area (Å²) < 4.78 is 9.48. The Kier molecular flexibility index (Phi) is 4.05. The van der Waals surface area contributed by atoms with Gasteiger partial charge in [-0.15, -0.1) is 0 Å². The average molecular weight is 337 g/mol. The van der Waals surface area contributed by atoms with Crippen molar-refractivity contribution in [2.45, 2.75) is 26.4 Å². The molecule has 0 unspecified atom stereocenters. The first-order valence-electron chi connectivity index (χ1n) is 8.56. The Morgan fingerprint density at radius 2 is 2.04 bits per heavy atom. The zero-order chi connectivity index (χ0) is 17.4. The summed E-state index contributed by atoms with van der Waals surface area (Å²) in [6.07, 6.45) is 3.77. The Bertz CT molecular complexity index is 862. The largest absolute Gasteiger partial charge is 0.497 e. The van der Waals surface area contributed by atoms with E-state index >= 15 is 0 Å². The molecule has 1 aliphatic rings. The van der Waals surface area contributed by atoms with Crippen LogP contribution in [0.5, 0.6) is 5.75 Å². The summed E-state index contributed by atoms with van der Waals surface area (Å²) in [5, 5.41) is 8.99. The third-order valence-corrected chi connectivity index (χ3v) is 4.76. The van der Waals surface area contributed by atoms with E-state index in [1.54, 1.807) is 13.3 Å². The molecule has 6 nitrogen and oxygen atoms in total. The maximum absolute atomic E-state index is 5.41. The molecule has 1 aromatic carbocycles. The van der Waals surface area contributed by atoms with Crippen molar-refractivity contribution in [3.8, 4) is 11.4 Å². The maximum atomic E-state index is 5.41. The molecule has 0 atom stereocenters. The molecule has 0 radical (unpaired) electrons. The number of likely N-dealkylation sites (tertiary alicyclic amines) is 1. The third-order valence-electron chi connectivity index (χ3n) is 4.76. The lowest BCUT2D eigenvalue weighted by Gasteiger charge is -2.40. The van der Waals surface area contributed by atoms with Gasteiger partial charge in [0.05, 0.1) is 24.5 Å². The van der Waals surface area contributed by atoms with Crippen molar-refractivity contribution < 1.29 is 4.74 Å². The number of rotatable bonds is 5. The molecule has 2 aromatic heterocycles. The second-order valence-electron chi connectivity index (χ2n) is 6.66. The molecule has 0 amide bonds. The summed E-state index contributed by atoms with van der Waals surface area (Å²) in [5.41, 5.74) is 4.64. The minimum Gasteiger partial charge on any atom is -0.497 e. The number of benzene rings is 1. The van der Waals surface area contributed by atoms with Crippen molar-refractivity contribution in [3.63, 3.8) is 0 Å². The van der Waals surface area contributed by atoms with Gasteiger partial charge in [0.1, 0.15) is 5.75 Å². The smallest absolute Gasteiger partial charge is 0.119 e. The van der Waals surface area contributed by atoms with Gasteiger partial charge in [0, 0.05) is 37.7 Å². The van der Waals surface area contributed by atoms with Crippen LogP contribution in [0.25, 0.3) is 5.69 Å². The molecule has 3 heterocycles. The van der Waals surface area contributed by atoms with Crippen molar-refractivity contribution in [2.75, 3.05) is 20.2 Å². The highest BCUT2D eigenvalue weighted by Crippen LogP contribution is 2.28. The molecule has 4 rings (SSSR count). The van der Waals surface area contributed by atoms with E-state index in [4.69, 9.17) is 4.74 Å². The van der Waals surface area contributed by atoms with Gasteiger partial charge in [-0.05, 0) is 49.7 Å². The van der Waals surface area contributed by atoms with E-state index in [-0.39, 0.29) is 0 Å². The molecule has 6 heteroatoms. The molecule has 3 aromatic rings. The van der Waals surface area contributed by atoms with Crippen molar-refractivity contribution in [3.05, 3.63) is 59.7 Å². The van der Waals surface area contributed by atoms with Gasteiger partial charge in [0.15, 0.2) is 0 Å². The second kappa shape index (κ2) is 6.37. The van der Waals surface area contributed by atoms with E-state index in [2.05, 4.69) is 44.9 Å². The summed E-state index contributed by atoms with van der Waals surface area (Å²) in [6, 6.07) is 10.7. The Labute approximate surface area is 147 Å². The number of hydrogen-bond acceptors (Lipinski definition) is 4.